The average molecular weight is 258 g/mol. The van der Waals surface area contributed by atoms with Gasteiger partial charge in [0.25, 0.3) is 0 Å². The van der Waals surface area contributed by atoms with Crippen molar-refractivity contribution < 1.29 is 0 Å². The highest BCUT2D eigenvalue weighted by atomic mass is 32.2. The molecule has 2 nitrogen and oxygen atoms in total. The molecule has 1 aromatic heterocycles. The van der Waals surface area contributed by atoms with E-state index < -0.39 is 0 Å². The summed E-state index contributed by atoms with van der Waals surface area (Å²) in [6.45, 7) is 6.33. The third-order valence-corrected chi connectivity index (χ3v) is 3.81. The van der Waals surface area contributed by atoms with Gasteiger partial charge < -0.3 is 5.73 Å². The largest absolute Gasteiger partial charge is 0.397 e. The highest BCUT2D eigenvalue weighted by molar-refractivity contribution is 7.99. The maximum atomic E-state index is 5.76. The molecule has 0 radical (unpaired) electrons. The van der Waals surface area contributed by atoms with Gasteiger partial charge in [0, 0.05) is 4.90 Å². The van der Waals surface area contributed by atoms with Gasteiger partial charge in [-0.3, -0.25) is 0 Å². The molecule has 94 valence electrons. The van der Waals surface area contributed by atoms with Gasteiger partial charge in [-0.15, -0.1) is 0 Å². The van der Waals surface area contributed by atoms with Crippen LogP contribution in [-0.2, 0) is 0 Å². The Balaban J connectivity index is 2.15. The smallest absolute Gasteiger partial charge is 0.101 e. The second kappa shape index (κ2) is 5.44. The van der Waals surface area contributed by atoms with Crippen LogP contribution in [0, 0.1) is 6.92 Å². The lowest BCUT2D eigenvalue weighted by atomic mass is 10.0. The first kappa shape index (κ1) is 13.0. The molecule has 1 heterocycles. The fourth-order valence-electron chi connectivity index (χ4n) is 1.65. The zero-order valence-corrected chi connectivity index (χ0v) is 11.8. The fourth-order valence-corrected chi connectivity index (χ4v) is 2.48. The molecule has 1 aromatic carbocycles. The molecule has 0 saturated heterocycles. The van der Waals surface area contributed by atoms with Gasteiger partial charge in [-0.25, -0.2) is 4.98 Å². The summed E-state index contributed by atoms with van der Waals surface area (Å²) in [5, 5.41) is 0.985. The normalized spacial score (nSPS) is 10.9. The van der Waals surface area contributed by atoms with Crippen LogP contribution in [0.25, 0.3) is 0 Å². The van der Waals surface area contributed by atoms with E-state index in [2.05, 4.69) is 43.1 Å². The number of pyridine rings is 1. The number of aryl methyl sites for hydroxylation is 1. The molecule has 3 heteroatoms. The summed E-state index contributed by atoms with van der Waals surface area (Å²) >= 11 is 1.66. The third kappa shape index (κ3) is 3.05. The lowest BCUT2D eigenvalue weighted by molar-refractivity contribution is 0.865. The van der Waals surface area contributed by atoms with Gasteiger partial charge in [-0.2, -0.15) is 0 Å². The van der Waals surface area contributed by atoms with Gasteiger partial charge in [0.15, 0.2) is 0 Å². The second-order valence-electron chi connectivity index (χ2n) is 4.65. The molecule has 2 N–H and O–H groups in total. The maximum absolute atomic E-state index is 5.76. The molecule has 0 aliphatic heterocycles. The van der Waals surface area contributed by atoms with E-state index in [0.717, 1.165) is 16.4 Å². The van der Waals surface area contributed by atoms with Gasteiger partial charge in [0.1, 0.15) is 5.03 Å². The molecule has 0 amide bonds. The van der Waals surface area contributed by atoms with E-state index in [0.29, 0.717) is 5.92 Å². The summed E-state index contributed by atoms with van der Waals surface area (Å²) < 4.78 is 0. The molecule has 0 atom stereocenters. The number of aromatic nitrogens is 1. The van der Waals surface area contributed by atoms with Crippen LogP contribution in [-0.4, -0.2) is 4.98 Å². The van der Waals surface area contributed by atoms with Crippen LogP contribution in [0.1, 0.15) is 31.0 Å². The SMILES string of the molecule is Cc1nc(Sc2ccc(C(C)C)cc2)ccc1N. The van der Waals surface area contributed by atoms with Gasteiger partial charge in [-0.1, -0.05) is 37.7 Å². The maximum Gasteiger partial charge on any atom is 0.101 e. The number of nitrogens with zero attached hydrogens (tertiary/aromatic N) is 1. The minimum absolute atomic E-state index is 0.570. The number of nitrogen functional groups attached to an aromatic ring is 1. The molecule has 0 unspecified atom stereocenters. The van der Waals surface area contributed by atoms with Crippen molar-refractivity contribution in [2.75, 3.05) is 5.73 Å². The van der Waals surface area contributed by atoms with Crippen LogP contribution in [0.15, 0.2) is 46.3 Å². The molecule has 0 aliphatic carbocycles. The number of hydrogen-bond donors (Lipinski definition) is 1. The summed E-state index contributed by atoms with van der Waals surface area (Å²) in [5.41, 5.74) is 8.76. The Bertz CT molecular complexity index is 533. The Morgan fingerprint density at radius 3 is 2.28 bits per heavy atom. The zero-order chi connectivity index (χ0) is 13.1. The summed E-state index contributed by atoms with van der Waals surface area (Å²) in [6.07, 6.45) is 0. The van der Waals surface area contributed by atoms with E-state index in [4.69, 9.17) is 5.73 Å². The monoisotopic (exact) mass is 258 g/mol. The summed E-state index contributed by atoms with van der Waals surface area (Å²) in [4.78, 5) is 5.67. The lowest BCUT2D eigenvalue weighted by Crippen LogP contribution is -1.93. The topological polar surface area (TPSA) is 38.9 Å². The van der Waals surface area contributed by atoms with Crippen molar-refractivity contribution in [2.24, 2.45) is 0 Å². The minimum Gasteiger partial charge on any atom is -0.397 e. The first-order valence-electron chi connectivity index (χ1n) is 6.07. The van der Waals surface area contributed by atoms with E-state index in [9.17, 15) is 0 Å². The summed E-state index contributed by atoms with van der Waals surface area (Å²) in [6, 6.07) is 12.5. The molecule has 0 fully saturated rings. The van der Waals surface area contributed by atoms with Crippen LogP contribution in [0.2, 0.25) is 0 Å². The molecule has 2 aromatic rings. The predicted octanol–water partition coefficient (Wildman–Crippen LogP) is 4.25. The molecule has 0 aliphatic rings. The van der Waals surface area contributed by atoms with E-state index in [1.807, 2.05) is 19.1 Å². The summed E-state index contributed by atoms with van der Waals surface area (Å²) in [5.74, 6) is 0.570. The van der Waals surface area contributed by atoms with Gasteiger partial charge in [0.2, 0.25) is 0 Å². The fraction of sp³-hybridized carbons (Fsp3) is 0.267. The molecule has 0 bridgehead atoms. The van der Waals surface area contributed by atoms with Crippen LogP contribution >= 0.6 is 11.8 Å². The predicted molar refractivity (Wildman–Crippen MR) is 78.0 cm³/mol. The molecular formula is C15H18N2S. The quantitative estimate of drug-likeness (QED) is 0.894. The highest BCUT2D eigenvalue weighted by Gasteiger charge is 2.03. The zero-order valence-electron chi connectivity index (χ0n) is 11.0. The van der Waals surface area contributed by atoms with E-state index >= 15 is 0 Å². The standard InChI is InChI=1S/C15H18N2S/c1-10(2)12-4-6-13(7-5-12)18-15-9-8-14(16)11(3)17-15/h4-10H,16H2,1-3H3. The van der Waals surface area contributed by atoms with Crippen LogP contribution in [0.5, 0.6) is 0 Å². The Hall–Kier alpha value is -1.48. The first-order valence-corrected chi connectivity index (χ1v) is 6.89. The van der Waals surface area contributed by atoms with E-state index in [1.54, 1.807) is 11.8 Å². The molecular weight excluding hydrogens is 240 g/mol. The molecule has 0 spiro atoms. The van der Waals surface area contributed by atoms with Crippen molar-refractivity contribution in [1.29, 1.82) is 0 Å². The van der Waals surface area contributed by atoms with Crippen LogP contribution in [0.3, 0.4) is 0 Å². The third-order valence-electron chi connectivity index (χ3n) is 2.87. The number of hydrogen-bond acceptors (Lipinski definition) is 3. The molecule has 0 saturated carbocycles. The van der Waals surface area contributed by atoms with Gasteiger partial charge >= 0.3 is 0 Å². The van der Waals surface area contributed by atoms with Crippen molar-refractivity contribution >= 4 is 17.4 Å². The Morgan fingerprint density at radius 2 is 1.72 bits per heavy atom. The first-order chi connectivity index (χ1) is 8.56. The van der Waals surface area contributed by atoms with E-state index in [-0.39, 0.29) is 0 Å². The van der Waals surface area contributed by atoms with Crippen molar-refractivity contribution in [2.45, 2.75) is 36.6 Å². The number of benzene rings is 1. The Morgan fingerprint density at radius 1 is 1.06 bits per heavy atom. The number of nitrogens with two attached hydrogens (primary N) is 1. The lowest BCUT2D eigenvalue weighted by Gasteiger charge is -2.07. The van der Waals surface area contributed by atoms with Crippen molar-refractivity contribution in [3.8, 4) is 0 Å². The Kier molecular flexibility index (Phi) is 3.92. The minimum atomic E-state index is 0.570. The molecule has 18 heavy (non-hydrogen) atoms. The highest BCUT2D eigenvalue weighted by Crippen LogP contribution is 2.28. The average Bonchev–Trinajstić information content (AvgIpc) is 2.34. The number of rotatable bonds is 3. The van der Waals surface area contributed by atoms with Gasteiger partial charge in [0.05, 0.1) is 11.4 Å². The van der Waals surface area contributed by atoms with Crippen molar-refractivity contribution in [3.63, 3.8) is 0 Å². The van der Waals surface area contributed by atoms with Crippen molar-refractivity contribution in [3.05, 3.63) is 47.7 Å². The van der Waals surface area contributed by atoms with Crippen molar-refractivity contribution in [1.82, 2.24) is 4.98 Å². The number of anilines is 1. The second-order valence-corrected chi connectivity index (χ2v) is 5.74. The van der Waals surface area contributed by atoms with Crippen LogP contribution < -0.4 is 5.73 Å². The van der Waals surface area contributed by atoms with Gasteiger partial charge in [-0.05, 0) is 42.7 Å². The van der Waals surface area contributed by atoms with E-state index in [1.165, 1.54) is 10.5 Å². The molecule has 2 rings (SSSR count). The summed E-state index contributed by atoms with van der Waals surface area (Å²) in [7, 11) is 0. The van der Waals surface area contributed by atoms with Crippen LogP contribution in [0.4, 0.5) is 5.69 Å². The Labute approximate surface area is 113 Å².